The van der Waals surface area contributed by atoms with Crippen LogP contribution in [0.15, 0.2) is 6.07 Å². The summed E-state index contributed by atoms with van der Waals surface area (Å²) in [6.07, 6.45) is 0.888. The number of anilines is 1. The van der Waals surface area contributed by atoms with Gasteiger partial charge in [0.25, 0.3) is 0 Å². The van der Waals surface area contributed by atoms with Crippen LogP contribution < -0.4 is 4.90 Å². The van der Waals surface area contributed by atoms with Crippen LogP contribution in [0, 0.1) is 6.92 Å². The van der Waals surface area contributed by atoms with Crippen LogP contribution in [0.4, 0.5) is 5.69 Å². The third-order valence-corrected chi connectivity index (χ3v) is 4.74. The number of ether oxygens (including phenoxy) is 1. The lowest BCUT2D eigenvalue weighted by atomic mass is 10.2. The van der Waals surface area contributed by atoms with E-state index in [0.29, 0.717) is 18.4 Å². The molecular formula is C13H13ClN2O2S. The highest BCUT2D eigenvalue weighted by molar-refractivity contribution is 7.21. The van der Waals surface area contributed by atoms with Gasteiger partial charge in [0.15, 0.2) is 6.29 Å². The van der Waals surface area contributed by atoms with Crippen molar-refractivity contribution in [3.63, 3.8) is 0 Å². The van der Waals surface area contributed by atoms with Crippen molar-refractivity contribution in [1.82, 2.24) is 4.98 Å². The van der Waals surface area contributed by atoms with Crippen LogP contribution >= 0.6 is 22.9 Å². The van der Waals surface area contributed by atoms with Crippen molar-refractivity contribution in [2.24, 2.45) is 0 Å². The van der Waals surface area contributed by atoms with Crippen molar-refractivity contribution in [2.75, 3.05) is 31.2 Å². The molecule has 3 rings (SSSR count). The fraction of sp³-hybridized carbons (Fsp3) is 0.385. The first-order valence-corrected chi connectivity index (χ1v) is 7.27. The van der Waals surface area contributed by atoms with E-state index < -0.39 is 0 Å². The molecule has 1 fully saturated rings. The van der Waals surface area contributed by atoms with Gasteiger partial charge in [-0.15, -0.1) is 11.3 Å². The normalized spacial score (nSPS) is 16.0. The standard InChI is InChI=1S/C13H13ClN2O2S/c1-8-10(7-17)19-13-9(6-11(14)15-12(8)13)16-2-4-18-5-3-16/h6-7H,2-5H2,1H3. The Kier molecular flexibility index (Phi) is 3.43. The molecule has 0 saturated carbocycles. The summed E-state index contributed by atoms with van der Waals surface area (Å²) in [5, 5.41) is 0.465. The summed E-state index contributed by atoms with van der Waals surface area (Å²) in [5.74, 6) is 0. The molecule has 1 aliphatic rings. The summed E-state index contributed by atoms with van der Waals surface area (Å²) in [6, 6.07) is 1.87. The molecule has 0 atom stereocenters. The third-order valence-electron chi connectivity index (χ3n) is 3.32. The van der Waals surface area contributed by atoms with Crippen LogP contribution in [-0.4, -0.2) is 37.6 Å². The van der Waals surface area contributed by atoms with Crippen LogP contribution in [0.25, 0.3) is 10.2 Å². The highest BCUT2D eigenvalue weighted by Crippen LogP contribution is 2.37. The number of pyridine rings is 1. The number of aldehydes is 1. The van der Waals surface area contributed by atoms with Gasteiger partial charge in [0, 0.05) is 19.2 Å². The molecule has 0 unspecified atom stereocenters. The maximum Gasteiger partial charge on any atom is 0.160 e. The number of aromatic nitrogens is 1. The fourth-order valence-electron chi connectivity index (χ4n) is 2.30. The first-order chi connectivity index (χ1) is 9.20. The van der Waals surface area contributed by atoms with Crippen molar-refractivity contribution < 1.29 is 9.53 Å². The van der Waals surface area contributed by atoms with Gasteiger partial charge in [-0.1, -0.05) is 11.6 Å². The Balaban J connectivity index is 2.19. The highest BCUT2D eigenvalue weighted by atomic mass is 35.5. The molecule has 0 aliphatic carbocycles. The minimum absolute atomic E-state index is 0.465. The van der Waals surface area contributed by atoms with Crippen molar-refractivity contribution >= 4 is 45.1 Å². The third kappa shape index (κ3) is 2.22. The second kappa shape index (κ2) is 5.07. The molecule has 0 bridgehead atoms. The van der Waals surface area contributed by atoms with Gasteiger partial charge in [-0.3, -0.25) is 4.79 Å². The van der Waals surface area contributed by atoms with Gasteiger partial charge < -0.3 is 9.64 Å². The van der Waals surface area contributed by atoms with Crippen molar-refractivity contribution in [1.29, 1.82) is 0 Å². The minimum atomic E-state index is 0.465. The smallest absolute Gasteiger partial charge is 0.160 e. The van der Waals surface area contributed by atoms with Crippen molar-refractivity contribution in [3.8, 4) is 0 Å². The van der Waals surface area contributed by atoms with Gasteiger partial charge in [0.1, 0.15) is 5.15 Å². The van der Waals surface area contributed by atoms with E-state index >= 15 is 0 Å². The summed E-state index contributed by atoms with van der Waals surface area (Å²) in [4.78, 5) is 18.4. The van der Waals surface area contributed by atoms with E-state index in [2.05, 4.69) is 9.88 Å². The second-order valence-electron chi connectivity index (χ2n) is 4.45. The molecule has 0 N–H and O–H groups in total. The predicted molar refractivity (Wildman–Crippen MR) is 77.8 cm³/mol. The Morgan fingerprint density at radius 3 is 2.89 bits per heavy atom. The number of carbonyl (C=O) groups excluding carboxylic acids is 1. The zero-order chi connectivity index (χ0) is 13.4. The topological polar surface area (TPSA) is 42.4 Å². The zero-order valence-corrected chi connectivity index (χ0v) is 12.1. The predicted octanol–water partition coefficient (Wildman–Crippen LogP) is 2.91. The molecule has 1 saturated heterocycles. The van der Waals surface area contributed by atoms with Crippen LogP contribution in [0.1, 0.15) is 15.2 Å². The monoisotopic (exact) mass is 296 g/mol. The number of hydrogen-bond acceptors (Lipinski definition) is 5. The van der Waals surface area contributed by atoms with E-state index in [1.807, 2.05) is 13.0 Å². The maximum atomic E-state index is 11.1. The van der Waals surface area contributed by atoms with Crippen molar-refractivity contribution in [2.45, 2.75) is 6.92 Å². The number of hydrogen-bond donors (Lipinski definition) is 0. The Morgan fingerprint density at radius 2 is 2.21 bits per heavy atom. The number of rotatable bonds is 2. The van der Waals surface area contributed by atoms with Crippen LogP contribution in [-0.2, 0) is 4.74 Å². The summed E-state index contributed by atoms with van der Waals surface area (Å²) in [7, 11) is 0. The summed E-state index contributed by atoms with van der Waals surface area (Å²) >= 11 is 7.60. The van der Waals surface area contributed by atoms with E-state index in [1.165, 1.54) is 11.3 Å². The number of halogens is 1. The molecule has 0 aromatic carbocycles. The fourth-order valence-corrected chi connectivity index (χ4v) is 3.59. The number of nitrogens with zero attached hydrogens (tertiary/aromatic N) is 2. The average Bonchev–Trinajstić information content (AvgIpc) is 2.76. The number of morpholine rings is 1. The molecule has 19 heavy (non-hydrogen) atoms. The maximum absolute atomic E-state index is 11.1. The number of aryl methyl sites for hydroxylation is 1. The van der Waals surface area contributed by atoms with E-state index in [-0.39, 0.29) is 0 Å². The van der Waals surface area contributed by atoms with E-state index in [1.54, 1.807) is 0 Å². The van der Waals surface area contributed by atoms with E-state index in [0.717, 1.165) is 45.7 Å². The Bertz CT molecular complexity index is 635. The highest BCUT2D eigenvalue weighted by Gasteiger charge is 2.19. The molecule has 4 nitrogen and oxygen atoms in total. The van der Waals surface area contributed by atoms with E-state index in [4.69, 9.17) is 16.3 Å². The SMILES string of the molecule is Cc1c(C=O)sc2c(N3CCOCC3)cc(Cl)nc12. The molecule has 100 valence electrons. The van der Waals surface area contributed by atoms with E-state index in [9.17, 15) is 4.79 Å². The average molecular weight is 297 g/mol. The van der Waals surface area contributed by atoms with Crippen molar-refractivity contribution in [3.05, 3.63) is 21.7 Å². The quantitative estimate of drug-likeness (QED) is 0.631. The molecule has 3 heterocycles. The lowest BCUT2D eigenvalue weighted by Crippen LogP contribution is -2.36. The van der Waals surface area contributed by atoms with Gasteiger partial charge in [-0.2, -0.15) is 0 Å². The first-order valence-electron chi connectivity index (χ1n) is 6.08. The molecule has 1 aliphatic heterocycles. The lowest BCUT2D eigenvalue weighted by molar-refractivity contribution is 0.112. The molecular weight excluding hydrogens is 284 g/mol. The Morgan fingerprint density at radius 1 is 1.47 bits per heavy atom. The van der Waals surface area contributed by atoms with Crippen LogP contribution in [0.2, 0.25) is 5.15 Å². The largest absolute Gasteiger partial charge is 0.378 e. The number of fused-ring (bicyclic) bond motifs is 1. The zero-order valence-electron chi connectivity index (χ0n) is 10.5. The van der Waals surface area contributed by atoms with Gasteiger partial charge in [-0.25, -0.2) is 4.98 Å². The number of carbonyl (C=O) groups is 1. The van der Waals surface area contributed by atoms with Gasteiger partial charge in [0.2, 0.25) is 0 Å². The molecule has 2 aromatic rings. The molecule has 2 aromatic heterocycles. The first kappa shape index (κ1) is 12.8. The lowest BCUT2D eigenvalue weighted by Gasteiger charge is -2.29. The van der Waals surface area contributed by atoms with Crippen LogP contribution in [0.5, 0.6) is 0 Å². The summed E-state index contributed by atoms with van der Waals surface area (Å²) < 4.78 is 6.40. The Hall–Kier alpha value is -1.17. The minimum Gasteiger partial charge on any atom is -0.378 e. The van der Waals surface area contributed by atoms with Crippen LogP contribution in [0.3, 0.4) is 0 Å². The van der Waals surface area contributed by atoms with Gasteiger partial charge >= 0.3 is 0 Å². The Labute approximate surface area is 119 Å². The molecule has 0 spiro atoms. The summed E-state index contributed by atoms with van der Waals surface area (Å²) in [5.41, 5.74) is 2.80. The molecule has 0 radical (unpaired) electrons. The van der Waals surface area contributed by atoms with Gasteiger partial charge in [0.05, 0.1) is 34.0 Å². The molecule has 0 amide bonds. The second-order valence-corrected chi connectivity index (χ2v) is 5.89. The van der Waals surface area contributed by atoms with Gasteiger partial charge in [-0.05, 0) is 12.5 Å². The number of thiophene rings is 1. The summed E-state index contributed by atoms with van der Waals surface area (Å²) in [6.45, 7) is 5.01. The molecule has 6 heteroatoms.